The Morgan fingerprint density at radius 2 is 2.38 bits per heavy atom. The SMILES string of the molecule is CCCC(C)OCc1cc(C#CCO)cs1. The second kappa shape index (κ2) is 7.45. The van der Waals surface area contributed by atoms with Crippen molar-refractivity contribution in [3.05, 3.63) is 21.9 Å². The summed E-state index contributed by atoms with van der Waals surface area (Å²) in [5.74, 6) is 5.52. The lowest BCUT2D eigenvalue weighted by molar-refractivity contribution is 0.0488. The fourth-order valence-corrected chi connectivity index (χ4v) is 2.11. The van der Waals surface area contributed by atoms with Crippen molar-refractivity contribution in [1.29, 1.82) is 0 Å². The number of aliphatic hydroxyl groups excluding tert-OH is 1. The predicted octanol–water partition coefficient (Wildman–Crippen LogP) is 2.80. The van der Waals surface area contributed by atoms with E-state index in [1.807, 2.05) is 11.4 Å². The number of aliphatic hydroxyl groups is 1. The summed E-state index contributed by atoms with van der Waals surface area (Å²) in [6.45, 7) is 4.83. The van der Waals surface area contributed by atoms with E-state index in [2.05, 4.69) is 25.7 Å². The molecule has 0 aliphatic heterocycles. The third-order valence-corrected chi connectivity index (χ3v) is 3.08. The number of ether oxygens (including phenoxy) is 1. The molecule has 0 radical (unpaired) electrons. The average molecular weight is 238 g/mol. The summed E-state index contributed by atoms with van der Waals surface area (Å²) in [7, 11) is 0. The largest absolute Gasteiger partial charge is 0.384 e. The highest BCUT2D eigenvalue weighted by Gasteiger charge is 2.03. The Kier molecular flexibility index (Phi) is 6.17. The lowest BCUT2D eigenvalue weighted by Gasteiger charge is -2.10. The summed E-state index contributed by atoms with van der Waals surface area (Å²) in [5, 5.41) is 10.6. The van der Waals surface area contributed by atoms with Gasteiger partial charge >= 0.3 is 0 Å². The maximum atomic E-state index is 8.57. The van der Waals surface area contributed by atoms with E-state index >= 15 is 0 Å². The van der Waals surface area contributed by atoms with Gasteiger partial charge in [-0.2, -0.15) is 0 Å². The number of hydrogen-bond acceptors (Lipinski definition) is 3. The first-order valence-electron chi connectivity index (χ1n) is 5.55. The Bertz CT molecular complexity index is 359. The van der Waals surface area contributed by atoms with Gasteiger partial charge in [0.05, 0.1) is 12.7 Å². The van der Waals surface area contributed by atoms with E-state index in [1.165, 1.54) is 4.88 Å². The van der Waals surface area contributed by atoms with Gasteiger partial charge in [-0.05, 0) is 19.4 Å². The molecule has 2 nitrogen and oxygen atoms in total. The molecule has 1 heterocycles. The van der Waals surface area contributed by atoms with Crippen LogP contribution in [0.5, 0.6) is 0 Å². The van der Waals surface area contributed by atoms with Crippen molar-refractivity contribution in [2.45, 2.75) is 39.4 Å². The minimum Gasteiger partial charge on any atom is -0.384 e. The molecule has 16 heavy (non-hydrogen) atoms. The van der Waals surface area contributed by atoms with Crippen molar-refractivity contribution in [1.82, 2.24) is 0 Å². The molecule has 0 aliphatic carbocycles. The van der Waals surface area contributed by atoms with Crippen LogP contribution in [0.25, 0.3) is 0 Å². The molecule has 0 saturated carbocycles. The molecule has 1 N–H and O–H groups in total. The molecule has 1 aromatic rings. The van der Waals surface area contributed by atoms with Crippen molar-refractivity contribution in [2.24, 2.45) is 0 Å². The van der Waals surface area contributed by atoms with Gasteiger partial charge in [-0.3, -0.25) is 0 Å². The lowest BCUT2D eigenvalue weighted by Crippen LogP contribution is -2.06. The molecule has 0 saturated heterocycles. The highest BCUT2D eigenvalue weighted by molar-refractivity contribution is 7.10. The minimum absolute atomic E-state index is 0.0881. The van der Waals surface area contributed by atoms with Gasteiger partial charge in [0.1, 0.15) is 6.61 Å². The second-order valence-electron chi connectivity index (χ2n) is 3.67. The Balaban J connectivity index is 2.40. The number of hydrogen-bond donors (Lipinski definition) is 1. The Hall–Kier alpha value is -0.820. The van der Waals surface area contributed by atoms with Crippen LogP contribution in [0.3, 0.4) is 0 Å². The maximum Gasteiger partial charge on any atom is 0.104 e. The molecule has 1 aromatic heterocycles. The monoisotopic (exact) mass is 238 g/mol. The molecular formula is C13H18O2S. The van der Waals surface area contributed by atoms with E-state index < -0.39 is 0 Å². The fourth-order valence-electron chi connectivity index (χ4n) is 1.38. The van der Waals surface area contributed by atoms with E-state index in [9.17, 15) is 0 Å². The molecule has 0 bridgehead atoms. The van der Waals surface area contributed by atoms with Crippen molar-refractivity contribution < 1.29 is 9.84 Å². The fraction of sp³-hybridized carbons (Fsp3) is 0.538. The first kappa shape index (κ1) is 13.2. The summed E-state index contributed by atoms with van der Waals surface area (Å²) in [5.41, 5.74) is 0.959. The van der Waals surface area contributed by atoms with Crippen LogP contribution >= 0.6 is 11.3 Å². The van der Waals surface area contributed by atoms with Crippen LogP contribution < -0.4 is 0 Å². The van der Waals surface area contributed by atoms with Crippen LogP contribution in [0.2, 0.25) is 0 Å². The van der Waals surface area contributed by atoms with Crippen molar-refractivity contribution in [3.8, 4) is 11.8 Å². The van der Waals surface area contributed by atoms with Gasteiger partial charge in [-0.25, -0.2) is 0 Å². The average Bonchev–Trinajstić information content (AvgIpc) is 2.72. The van der Waals surface area contributed by atoms with E-state index in [0.29, 0.717) is 12.7 Å². The summed E-state index contributed by atoms with van der Waals surface area (Å²) in [6, 6.07) is 2.02. The zero-order valence-corrected chi connectivity index (χ0v) is 10.6. The molecule has 0 aromatic carbocycles. The van der Waals surface area contributed by atoms with Gasteiger partial charge in [-0.1, -0.05) is 25.2 Å². The van der Waals surface area contributed by atoms with Crippen LogP contribution in [0.4, 0.5) is 0 Å². The molecule has 0 spiro atoms. The van der Waals surface area contributed by atoms with Crippen LogP contribution in [-0.2, 0) is 11.3 Å². The zero-order chi connectivity index (χ0) is 11.8. The molecule has 3 heteroatoms. The van der Waals surface area contributed by atoms with E-state index in [4.69, 9.17) is 9.84 Å². The lowest BCUT2D eigenvalue weighted by atomic mass is 10.2. The molecule has 1 atom stereocenters. The molecule has 0 fully saturated rings. The first-order chi connectivity index (χ1) is 7.76. The van der Waals surface area contributed by atoms with Crippen molar-refractivity contribution >= 4 is 11.3 Å². The van der Waals surface area contributed by atoms with Gasteiger partial charge in [0.15, 0.2) is 0 Å². The molecule has 1 unspecified atom stereocenters. The summed E-state index contributed by atoms with van der Waals surface area (Å²) in [6.07, 6.45) is 2.57. The molecular weight excluding hydrogens is 220 g/mol. The van der Waals surface area contributed by atoms with Crippen molar-refractivity contribution in [3.63, 3.8) is 0 Å². The highest BCUT2D eigenvalue weighted by Crippen LogP contribution is 2.16. The summed E-state index contributed by atoms with van der Waals surface area (Å²) >= 11 is 1.65. The summed E-state index contributed by atoms with van der Waals surface area (Å²) in [4.78, 5) is 1.19. The Labute approximate surface area is 101 Å². The van der Waals surface area contributed by atoms with E-state index in [1.54, 1.807) is 11.3 Å². The zero-order valence-electron chi connectivity index (χ0n) is 9.82. The highest BCUT2D eigenvalue weighted by atomic mass is 32.1. The van der Waals surface area contributed by atoms with Gasteiger partial charge in [-0.15, -0.1) is 11.3 Å². The van der Waals surface area contributed by atoms with Crippen LogP contribution in [-0.4, -0.2) is 17.8 Å². The van der Waals surface area contributed by atoms with Crippen LogP contribution in [0.15, 0.2) is 11.4 Å². The molecule has 0 aliphatic rings. The summed E-state index contributed by atoms with van der Waals surface area (Å²) < 4.78 is 5.70. The maximum absolute atomic E-state index is 8.57. The molecule has 88 valence electrons. The first-order valence-corrected chi connectivity index (χ1v) is 6.43. The minimum atomic E-state index is -0.0881. The molecule has 0 amide bonds. The van der Waals surface area contributed by atoms with E-state index in [0.717, 1.165) is 18.4 Å². The third kappa shape index (κ3) is 4.80. The quantitative estimate of drug-likeness (QED) is 0.799. The Morgan fingerprint density at radius 3 is 3.06 bits per heavy atom. The standard InChI is InChI=1S/C13H18O2S/c1-3-5-11(2)15-9-13-8-12(10-16-13)6-4-7-14/h8,10-11,14H,3,5,7,9H2,1-2H3. The topological polar surface area (TPSA) is 29.5 Å². The molecule has 1 rings (SSSR count). The van der Waals surface area contributed by atoms with Gasteiger partial charge in [0.2, 0.25) is 0 Å². The van der Waals surface area contributed by atoms with Gasteiger partial charge in [0.25, 0.3) is 0 Å². The second-order valence-corrected chi connectivity index (χ2v) is 4.67. The third-order valence-electron chi connectivity index (χ3n) is 2.17. The van der Waals surface area contributed by atoms with Crippen LogP contribution in [0.1, 0.15) is 37.1 Å². The van der Waals surface area contributed by atoms with Crippen molar-refractivity contribution in [2.75, 3.05) is 6.61 Å². The van der Waals surface area contributed by atoms with E-state index in [-0.39, 0.29) is 6.61 Å². The predicted molar refractivity (Wildman–Crippen MR) is 67.4 cm³/mol. The van der Waals surface area contributed by atoms with Crippen LogP contribution in [0, 0.1) is 11.8 Å². The van der Waals surface area contributed by atoms with Gasteiger partial charge in [0, 0.05) is 15.8 Å². The van der Waals surface area contributed by atoms with Gasteiger partial charge < -0.3 is 9.84 Å². The number of rotatable bonds is 5. The number of thiophene rings is 1. The Morgan fingerprint density at radius 1 is 1.56 bits per heavy atom. The smallest absolute Gasteiger partial charge is 0.104 e. The normalized spacial score (nSPS) is 11.9.